The van der Waals surface area contributed by atoms with E-state index in [-0.39, 0.29) is 6.10 Å². The van der Waals surface area contributed by atoms with E-state index in [0.29, 0.717) is 11.3 Å². The van der Waals surface area contributed by atoms with Crippen molar-refractivity contribution in [2.24, 2.45) is 11.3 Å². The molecule has 0 bridgehead atoms. The molecule has 0 saturated heterocycles. The van der Waals surface area contributed by atoms with Crippen LogP contribution in [0.1, 0.15) is 47.5 Å². The van der Waals surface area contributed by atoms with E-state index in [0.717, 1.165) is 12.8 Å². The first-order valence-corrected chi connectivity index (χ1v) is 5.16. The van der Waals surface area contributed by atoms with Gasteiger partial charge in [0.2, 0.25) is 0 Å². The summed E-state index contributed by atoms with van der Waals surface area (Å²) in [5.74, 6) is 0.371. The minimum absolute atomic E-state index is 0.195. The quantitative estimate of drug-likeness (QED) is 0.664. The van der Waals surface area contributed by atoms with Gasteiger partial charge in [0.15, 0.2) is 0 Å². The van der Waals surface area contributed by atoms with E-state index in [1.807, 2.05) is 6.92 Å². The first-order chi connectivity index (χ1) is 5.83. The van der Waals surface area contributed by atoms with Crippen molar-refractivity contribution in [3.63, 3.8) is 0 Å². The molecule has 0 heterocycles. The fourth-order valence-corrected chi connectivity index (χ4v) is 0.945. The van der Waals surface area contributed by atoms with Crippen molar-refractivity contribution in [3.8, 4) is 0 Å². The molecular formula is C12H24O. The third kappa shape index (κ3) is 8.04. The Balaban J connectivity index is 3.64. The normalized spacial score (nSPS) is 17.7. The molecule has 1 nitrogen and oxygen atoms in total. The maximum atomic E-state index is 9.25. The number of hydrogen-bond acceptors (Lipinski definition) is 1. The molecule has 0 aliphatic carbocycles. The van der Waals surface area contributed by atoms with Crippen LogP contribution < -0.4 is 0 Å². The van der Waals surface area contributed by atoms with Crippen molar-refractivity contribution < 1.29 is 5.11 Å². The van der Waals surface area contributed by atoms with Gasteiger partial charge in [-0.3, -0.25) is 0 Å². The topological polar surface area (TPSA) is 20.2 Å². The van der Waals surface area contributed by atoms with E-state index in [1.165, 1.54) is 0 Å². The van der Waals surface area contributed by atoms with Crippen LogP contribution in [0.15, 0.2) is 12.2 Å². The molecule has 0 radical (unpaired) electrons. The van der Waals surface area contributed by atoms with Crippen LogP contribution in [0.25, 0.3) is 0 Å². The van der Waals surface area contributed by atoms with Gasteiger partial charge >= 0.3 is 0 Å². The van der Waals surface area contributed by atoms with Gasteiger partial charge in [0.25, 0.3) is 0 Å². The Morgan fingerprint density at radius 3 is 2.08 bits per heavy atom. The smallest absolute Gasteiger partial charge is 0.0540 e. The molecule has 0 rings (SSSR count). The maximum Gasteiger partial charge on any atom is 0.0540 e. The van der Waals surface area contributed by atoms with Crippen molar-refractivity contribution in [1.29, 1.82) is 0 Å². The highest BCUT2D eigenvalue weighted by molar-refractivity contribution is 4.87. The van der Waals surface area contributed by atoms with Gasteiger partial charge in [-0.1, -0.05) is 39.8 Å². The van der Waals surface area contributed by atoms with Crippen LogP contribution in [0.2, 0.25) is 0 Å². The molecule has 1 heteroatoms. The molecule has 0 fully saturated rings. The summed E-state index contributed by atoms with van der Waals surface area (Å²) in [6.45, 7) is 10.6. The van der Waals surface area contributed by atoms with Crippen LogP contribution in [0.4, 0.5) is 0 Å². The Hall–Kier alpha value is -0.300. The van der Waals surface area contributed by atoms with Crippen LogP contribution in [-0.2, 0) is 0 Å². The second-order valence-corrected chi connectivity index (χ2v) is 5.19. The van der Waals surface area contributed by atoms with Crippen molar-refractivity contribution in [3.05, 3.63) is 12.2 Å². The fourth-order valence-electron chi connectivity index (χ4n) is 0.945. The van der Waals surface area contributed by atoms with Gasteiger partial charge in [-0.15, -0.1) is 0 Å². The van der Waals surface area contributed by atoms with Gasteiger partial charge in [-0.2, -0.15) is 0 Å². The third-order valence-corrected chi connectivity index (χ3v) is 2.23. The van der Waals surface area contributed by atoms with Crippen LogP contribution in [-0.4, -0.2) is 11.2 Å². The number of aliphatic hydroxyl groups excluding tert-OH is 1. The van der Waals surface area contributed by atoms with Crippen molar-refractivity contribution in [2.75, 3.05) is 0 Å². The second kappa shape index (κ2) is 5.43. The Morgan fingerprint density at radius 1 is 1.15 bits per heavy atom. The zero-order valence-electron chi connectivity index (χ0n) is 9.67. The van der Waals surface area contributed by atoms with Crippen molar-refractivity contribution in [1.82, 2.24) is 0 Å². The Labute approximate surface area is 82.9 Å². The highest BCUT2D eigenvalue weighted by Gasteiger charge is 2.08. The summed E-state index contributed by atoms with van der Waals surface area (Å²) in [5.41, 5.74) is 0.380. The minimum atomic E-state index is -0.195. The zero-order chi connectivity index (χ0) is 10.5. The average Bonchev–Trinajstić information content (AvgIpc) is 1.95. The molecule has 0 unspecified atom stereocenters. The SMILES string of the molecule is C[C@H](C/C=C/CC(C)(C)C)[C@@H](C)O. The fraction of sp³-hybridized carbons (Fsp3) is 0.833. The highest BCUT2D eigenvalue weighted by Crippen LogP contribution is 2.19. The molecule has 2 atom stereocenters. The molecule has 13 heavy (non-hydrogen) atoms. The number of hydrogen-bond donors (Lipinski definition) is 1. The zero-order valence-corrected chi connectivity index (χ0v) is 9.67. The van der Waals surface area contributed by atoms with Crippen LogP contribution in [0.5, 0.6) is 0 Å². The molecule has 0 aliphatic heterocycles. The minimum Gasteiger partial charge on any atom is -0.393 e. The van der Waals surface area contributed by atoms with E-state index in [1.54, 1.807) is 0 Å². The van der Waals surface area contributed by atoms with Gasteiger partial charge in [0, 0.05) is 0 Å². The Bertz CT molecular complexity index is 151. The van der Waals surface area contributed by atoms with E-state index in [2.05, 4.69) is 39.8 Å². The van der Waals surface area contributed by atoms with Crippen LogP contribution >= 0.6 is 0 Å². The molecule has 0 aromatic rings. The monoisotopic (exact) mass is 184 g/mol. The summed E-state index contributed by atoms with van der Waals surface area (Å²) < 4.78 is 0. The van der Waals surface area contributed by atoms with Gasteiger partial charge in [0.05, 0.1) is 6.10 Å². The lowest BCUT2D eigenvalue weighted by Crippen LogP contribution is -2.11. The van der Waals surface area contributed by atoms with Crippen molar-refractivity contribution >= 4 is 0 Å². The molecule has 1 N–H and O–H groups in total. The lowest BCUT2D eigenvalue weighted by atomic mass is 9.91. The summed E-state index contributed by atoms with van der Waals surface area (Å²) >= 11 is 0. The van der Waals surface area contributed by atoms with Gasteiger partial charge in [-0.25, -0.2) is 0 Å². The summed E-state index contributed by atoms with van der Waals surface area (Å²) in [4.78, 5) is 0. The third-order valence-electron chi connectivity index (χ3n) is 2.23. The lowest BCUT2D eigenvalue weighted by molar-refractivity contribution is 0.136. The molecular weight excluding hydrogens is 160 g/mol. The van der Waals surface area contributed by atoms with E-state index in [9.17, 15) is 5.11 Å². The standard InChI is InChI=1S/C12H24O/c1-10(11(2)13)8-6-7-9-12(3,4)5/h6-7,10-11,13H,8-9H2,1-5H3/b7-6+/t10-,11-/m1/s1. The van der Waals surface area contributed by atoms with E-state index in [4.69, 9.17) is 0 Å². The molecule has 0 saturated carbocycles. The summed E-state index contributed by atoms with van der Waals surface area (Å²) in [5, 5.41) is 9.25. The molecule has 0 aromatic heterocycles. The molecule has 0 aromatic carbocycles. The maximum absolute atomic E-state index is 9.25. The van der Waals surface area contributed by atoms with Crippen molar-refractivity contribution in [2.45, 2.75) is 53.6 Å². The predicted octanol–water partition coefficient (Wildman–Crippen LogP) is 3.39. The lowest BCUT2D eigenvalue weighted by Gasteiger charge is -2.15. The molecule has 78 valence electrons. The molecule has 0 amide bonds. The first-order valence-electron chi connectivity index (χ1n) is 5.16. The predicted molar refractivity (Wildman–Crippen MR) is 58.7 cm³/mol. The van der Waals surface area contributed by atoms with Crippen LogP contribution in [0, 0.1) is 11.3 Å². The largest absolute Gasteiger partial charge is 0.393 e. The summed E-state index contributed by atoms with van der Waals surface area (Å²) in [7, 11) is 0. The number of aliphatic hydroxyl groups is 1. The van der Waals surface area contributed by atoms with Gasteiger partial charge in [-0.05, 0) is 31.1 Å². The number of rotatable bonds is 4. The van der Waals surface area contributed by atoms with E-state index < -0.39 is 0 Å². The molecule has 0 spiro atoms. The molecule has 0 aliphatic rings. The van der Waals surface area contributed by atoms with Gasteiger partial charge < -0.3 is 5.11 Å². The van der Waals surface area contributed by atoms with Crippen LogP contribution in [0.3, 0.4) is 0 Å². The second-order valence-electron chi connectivity index (χ2n) is 5.19. The number of allylic oxidation sites excluding steroid dienone is 2. The Kier molecular flexibility index (Phi) is 5.31. The summed E-state index contributed by atoms with van der Waals surface area (Å²) in [6, 6.07) is 0. The average molecular weight is 184 g/mol. The van der Waals surface area contributed by atoms with E-state index >= 15 is 0 Å². The highest BCUT2D eigenvalue weighted by atomic mass is 16.3. The summed E-state index contributed by atoms with van der Waals surface area (Å²) in [6.07, 6.45) is 6.30. The Morgan fingerprint density at radius 2 is 1.69 bits per heavy atom. The first kappa shape index (κ1) is 12.7. The van der Waals surface area contributed by atoms with Gasteiger partial charge in [0.1, 0.15) is 0 Å².